The maximum atomic E-state index is 8.78. The number of aliphatic hydroxyl groups excluding tert-OH is 1. The second-order valence-corrected chi connectivity index (χ2v) is 1.24. The molecule has 5 N–H and O–H groups in total. The van der Waals surface area contributed by atoms with E-state index in [1.807, 2.05) is 0 Å². The van der Waals surface area contributed by atoms with Crippen molar-refractivity contribution in [3.8, 4) is 0 Å². The molecule has 0 aliphatic carbocycles. The van der Waals surface area contributed by atoms with Crippen LogP contribution in [0.2, 0.25) is 0 Å². The molecule has 60 valence electrons. The number of nitrogens with one attached hydrogen (secondary N) is 1. The zero-order chi connectivity index (χ0) is 8.41. The minimum atomic E-state index is -1.33. The predicted octanol–water partition coefficient (Wildman–Crippen LogP) is -0.665. The first-order valence-corrected chi connectivity index (χ1v) is 2.56. The normalized spacial score (nSPS) is 7.30. The maximum Gasteiger partial charge on any atom is 0.402 e. The molecule has 0 rings (SSSR count). The SMILES string of the molecule is C=CCNCO.NC(=O)O. The monoisotopic (exact) mass is 148 g/mol. The van der Waals surface area contributed by atoms with Crippen molar-refractivity contribution < 1.29 is 15.0 Å². The number of carboxylic acid groups (broad SMARTS) is 1. The zero-order valence-electron chi connectivity index (χ0n) is 5.58. The molecule has 0 bridgehead atoms. The van der Waals surface area contributed by atoms with Crippen molar-refractivity contribution in [1.29, 1.82) is 0 Å². The van der Waals surface area contributed by atoms with Gasteiger partial charge in [-0.2, -0.15) is 0 Å². The standard InChI is InChI=1S/C4H9NO.CH3NO2/c1-2-3-5-4-6;2-1(3)4/h2,5-6H,1,3-4H2;2H2,(H,3,4). The highest BCUT2D eigenvalue weighted by molar-refractivity contribution is 5.61. The van der Waals surface area contributed by atoms with E-state index < -0.39 is 6.09 Å². The van der Waals surface area contributed by atoms with Gasteiger partial charge in [0, 0.05) is 6.54 Å². The van der Waals surface area contributed by atoms with E-state index in [-0.39, 0.29) is 6.73 Å². The van der Waals surface area contributed by atoms with Gasteiger partial charge in [-0.1, -0.05) is 6.08 Å². The van der Waals surface area contributed by atoms with Crippen LogP contribution in [-0.4, -0.2) is 29.6 Å². The van der Waals surface area contributed by atoms with E-state index in [1.54, 1.807) is 6.08 Å². The summed E-state index contributed by atoms with van der Waals surface area (Å²) in [5.41, 5.74) is 4.03. The van der Waals surface area contributed by atoms with Crippen molar-refractivity contribution in [3.63, 3.8) is 0 Å². The number of nitrogens with two attached hydrogens (primary N) is 1. The third-order valence-corrected chi connectivity index (χ3v) is 0.400. The van der Waals surface area contributed by atoms with Gasteiger partial charge in [-0.05, 0) is 0 Å². The fourth-order valence-corrected chi connectivity index (χ4v) is 0.167. The quantitative estimate of drug-likeness (QED) is 0.242. The van der Waals surface area contributed by atoms with Gasteiger partial charge in [0.1, 0.15) is 0 Å². The Kier molecular flexibility index (Phi) is 12.7. The second kappa shape index (κ2) is 10.8. The molecule has 0 spiro atoms. The third-order valence-electron chi connectivity index (χ3n) is 0.400. The molecule has 0 saturated carbocycles. The summed E-state index contributed by atoms with van der Waals surface area (Å²) in [6, 6.07) is 0. The molecule has 0 aromatic carbocycles. The van der Waals surface area contributed by atoms with Crippen LogP contribution in [0.5, 0.6) is 0 Å². The number of amides is 1. The highest BCUT2D eigenvalue weighted by Crippen LogP contribution is 1.52. The van der Waals surface area contributed by atoms with E-state index in [4.69, 9.17) is 15.0 Å². The van der Waals surface area contributed by atoms with Gasteiger partial charge in [0.2, 0.25) is 0 Å². The minimum absolute atomic E-state index is 0.0337. The van der Waals surface area contributed by atoms with Gasteiger partial charge < -0.3 is 15.9 Å². The molecule has 0 aromatic heterocycles. The summed E-state index contributed by atoms with van der Waals surface area (Å²) >= 11 is 0. The average Bonchev–Trinajstić information content (AvgIpc) is 1.82. The Labute approximate surface area is 59.2 Å². The summed E-state index contributed by atoms with van der Waals surface area (Å²) in [4.78, 5) is 8.78. The molecule has 0 atom stereocenters. The highest BCUT2D eigenvalue weighted by atomic mass is 16.4. The lowest BCUT2D eigenvalue weighted by Crippen LogP contribution is -2.13. The number of carbonyl (C=O) groups is 1. The van der Waals surface area contributed by atoms with Crippen LogP contribution in [0.25, 0.3) is 0 Å². The van der Waals surface area contributed by atoms with E-state index in [0.29, 0.717) is 6.54 Å². The molecular weight excluding hydrogens is 136 g/mol. The van der Waals surface area contributed by atoms with E-state index >= 15 is 0 Å². The van der Waals surface area contributed by atoms with E-state index in [2.05, 4.69) is 17.6 Å². The van der Waals surface area contributed by atoms with Crippen molar-refractivity contribution in [2.24, 2.45) is 5.73 Å². The zero-order valence-corrected chi connectivity index (χ0v) is 5.58. The second-order valence-electron chi connectivity index (χ2n) is 1.24. The van der Waals surface area contributed by atoms with Crippen LogP contribution in [-0.2, 0) is 0 Å². The Bertz CT molecular complexity index is 90.9. The molecule has 0 saturated heterocycles. The first-order valence-electron chi connectivity index (χ1n) is 2.56. The average molecular weight is 148 g/mol. The summed E-state index contributed by atoms with van der Waals surface area (Å²) < 4.78 is 0. The number of hydrogen-bond acceptors (Lipinski definition) is 3. The lowest BCUT2D eigenvalue weighted by Gasteiger charge is -1.87. The van der Waals surface area contributed by atoms with Crippen molar-refractivity contribution in [2.45, 2.75) is 0 Å². The van der Waals surface area contributed by atoms with Crippen LogP contribution in [0, 0.1) is 0 Å². The molecule has 0 aromatic rings. The van der Waals surface area contributed by atoms with Crippen LogP contribution in [0.3, 0.4) is 0 Å². The van der Waals surface area contributed by atoms with Crippen molar-refractivity contribution in [1.82, 2.24) is 5.32 Å². The lowest BCUT2D eigenvalue weighted by molar-refractivity contribution is 0.205. The molecule has 0 aliphatic heterocycles. The summed E-state index contributed by atoms with van der Waals surface area (Å²) in [7, 11) is 0. The van der Waals surface area contributed by atoms with Crippen LogP contribution < -0.4 is 11.1 Å². The van der Waals surface area contributed by atoms with E-state index in [9.17, 15) is 0 Å². The van der Waals surface area contributed by atoms with E-state index in [1.165, 1.54) is 0 Å². The summed E-state index contributed by atoms with van der Waals surface area (Å²) in [5.74, 6) is 0. The van der Waals surface area contributed by atoms with Gasteiger partial charge in [0.05, 0.1) is 6.73 Å². The number of hydrogen-bond donors (Lipinski definition) is 4. The van der Waals surface area contributed by atoms with Gasteiger partial charge in [-0.15, -0.1) is 6.58 Å². The van der Waals surface area contributed by atoms with Crippen LogP contribution >= 0.6 is 0 Å². The maximum absolute atomic E-state index is 8.78. The van der Waals surface area contributed by atoms with Gasteiger partial charge in [-0.3, -0.25) is 5.32 Å². The largest absolute Gasteiger partial charge is 0.465 e. The van der Waals surface area contributed by atoms with Gasteiger partial charge in [0.15, 0.2) is 0 Å². The van der Waals surface area contributed by atoms with Crippen LogP contribution in [0.15, 0.2) is 12.7 Å². The first kappa shape index (κ1) is 11.7. The molecule has 10 heavy (non-hydrogen) atoms. The molecule has 5 heteroatoms. The fraction of sp³-hybridized carbons (Fsp3) is 0.400. The number of rotatable bonds is 3. The van der Waals surface area contributed by atoms with Gasteiger partial charge >= 0.3 is 6.09 Å². The molecule has 0 unspecified atom stereocenters. The fourth-order valence-electron chi connectivity index (χ4n) is 0.167. The highest BCUT2D eigenvalue weighted by Gasteiger charge is 1.67. The summed E-state index contributed by atoms with van der Waals surface area (Å²) in [5, 5.41) is 17.9. The van der Waals surface area contributed by atoms with Crippen molar-refractivity contribution in [3.05, 3.63) is 12.7 Å². The van der Waals surface area contributed by atoms with Gasteiger partial charge in [-0.25, -0.2) is 4.79 Å². The summed E-state index contributed by atoms with van der Waals surface area (Å²) in [6.07, 6.45) is 0.357. The third kappa shape index (κ3) is 65.4. The Hall–Kier alpha value is -1.07. The molecule has 5 nitrogen and oxygen atoms in total. The first-order chi connectivity index (χ1) is 4.65. The van der Waals surface area contributed by atoms with Crippen molar-refractivity contribution in [2.75, 3.05) is 13.3 Å². The predicted molar refractivity (Wildman–Crippen MR) is 37.5 cm³/mol. The van der Waals surface area contributed by atoms with Crippen molar-refractivity contribution >= 4 is 6.09 Å². The summed E-state index contributed by atoms with van der Waals surface area (Å²) in [6.45, 7) is 4.14. The molecule has 0 fully saturated rings. The Morgan fingerprint density at radius 2 is 2.20 bits per heavy atom. The minimum Gasteiger partial charge on any atom is -0.465 e. The van der Waals surface area contributed by atoms with Gasteiger partial charge in [0.25, 0.3) is 0 Å². The molecule has 0 aliphatic rings. The Morgan fingerprint density at radius 3 is 2.30 bits per heavy atom. The molecule has 0 heterocycles. The van der Waals surface area contributed by atoms with Crippen LogP contribution in [0.1, 0.15) is 0 Å². The Balaban J connectivity index is 0. The lowest BCUT2D eigenvalue weighted by atomic mass is 10.6. The molecule has 1 amide bonds. The number of primary amides is 1. The number of aliphatic hydroxyl groups is 1. The van der Waals surface area contributed by atoms with Crippen LogP contribution in [0.4, 0.5) is 4.79 Å². The molecule has 0 radical (unpaired) electrons. The molecular formula is C5H12N2O3. The Morgan fingerprint density at radius 1 is 1.80 bits per heavy atom. The van der Waals surface area contributed by atoms with E-state index in [0.717, 1.165) is 0 Å². The topological polar surface area (TPSA) is 95.6 Å². The smallest absolute Gasteiger partial charge is 0.402 e.